The van der Waals surface area contributed by atoms with Crippen molar-refractivity contribution in [2.45, 2.75) is 75.3 Å². The van der Waals surface area contributed by atoms with E-state index >= 15 is 0 Å². The molecule has 2 aromatic carbocycles. The molecule has 2 unspecified atom stereocenters. The summed E-state index contributed by atoms with van der Waals surface area (Å²) in [6.45, 7) is 6.02. The highest BCUT2D eigenvalue weighted by Crippen LogP contribution is 2.47. The van der Waals surface area contributed by atoms with Crippen LogP contribution >= 0.6 is 0 Å². The van der Waals surface area contributed by atoms with Crippen LogP contribution in [0.1, 0.15) is 68.6 Å². The van der Waals surface area contributed by atoms with Crippen LogP contribution in [0.5, 0.6) is 0 Å². The van der Waals surface area contributed by atoms with Gasteiger partial charge in [-0.05, 0) is 80.2 Å². The number of nitrogens with zero attached hydrogens (tertiary/aromatic N) is 1. The number of hydrogen-bond donors (Lipinski definition) is 1. The van der Waals surface area contributed by atoms with Gasteiger partial charge in [-0.2, -0.15) is 4.91 Å². The molecule has 0 spiro atoms. The van der Waals surface area contributed by atoms with Crippen molar-refractivity contribution in [3.05, 3.63) is 70.1 Å². The predicted octanol–water partition coefficient (Wildman–Crippen LogP) is 5.39. The zero-order chi connectivity index (χ0) is 22.9. The molecular weight excluding hydrogens is 410 g/mol. The molecule has 3 rings (SSSR count). The Labute approximate surface area is 185 Å². The summed E-state index contributed by atoms with van der Waals surface area (Å²) in [7, 11) is -3.28. The summed E-state index contributed by atoms with van der Waals surface area (Å²) in [5, 5.41) is 14.0. The molecule has 0 heterocycles. The van der Waals surface area contributed by atoms with Crippen molar-refractivity contribution < 1.29 is 13.5 Å². The molecule has 5 nitrogen and oxygen atoms in total. The van der Waals surface area contributed by atoms with Crippen LogP contribution in [-0.4, -0.2) is 31.4 Å². The molecule has 2 atom stereocenters. The van der Waals surface area contributed by atoms with Crippen molar-refractivity contribution in [2.75, 3.05) is 6.26 Å². The van der Waals surface area contributed by atoms with Crippen LogP contribution in [0.4, 0.5) is 0 Å². The van der Waals surface area contributed by atoms with Gasteiger partial charge in [0.15, 0.2) is 9.84 Å². The average molecular weight is 444 g/mol. The van der Waals surface area contributed by atoms with E-state index in [0.717, 1.165) is 29.5 Å². The smallest absolute Gasteiger partial charge is 0.175 e. The molecule has 1 saturated carbocycles. The van der Waals surface area contributed by atoms with E-state index in [9.17, 15) is 18.4 Å². The van der Waals surface area contributed by atoms with E-state index in [0.29, 0.717) is 19.3 Å². The van der Waals surface area contributed by atoms with Gasteiger partial charge in [0.25, 0.3) is 0 Å². The Kier molecular flexibility index (Phi) is 6.72. The average Bonchev–Trinajstić information content (AvgIpc) is 2.72. The molecular formula is C25H33NO4S. The van der Waals surface area contributed by atoms with Gasteiger partial charge < -0.3 is 5.11 Å². The second-order valence-electron chi connectivity index (χ2n) is 9.76. The first-order valence-electron chi connectivity index (χ1n) is 10.9. The van der Waals surface area contributed by atoms with Crippen LogP contribution in [0.15, 0.2) is 58.6 Å². The molecule has 1 aliphatic carbocycles. The van der Waals surface area contributed by atoms with E-state index in [-0.39, 0.29) is 16.2 Å². The summed E-state index contributed by atoms with van der Waals surface area (Å²) in [6, 6.07) is 14.7. The Balaban J connectivity index is 1.97. The van der Waals surface area contributed by atoms with Gasteiger partial charge in [-0.15, -0.1) is 0 Å². The molecule has 0 aromatic heterocycles. The summed E-state index contributed by atoms with van der Waals surface area (Å²) in [4.78, 5) is 12.3. The van der Waals surface area contributed by atoms with Gasteiger partial charge in [0.05, 0.1) is 16.5 Å². The number of aliphatic hydroxyl groups is 1. The van der Waals surface area contributed by atoms with Crippen LogP contribution < -0.4 is 0 Å². The largest absolute Gasteiger partial charge is 0.390 e. The molecule has 0 radical (unpaired) electrons. The highest BCUT2D eigenvalue weighted by molar-refractivity contribution is 7.90. The van der Waals surface area contributed by atoms with Crippen LogP contribution in [0.25, 0.3) is 0 Å². The van der Waals surface area contributed by atoms with Crippen molar-refractivity contribution in [1.82, 2.24) is 0 Å². The predicted molar refractivity (Wildman–Crippen MR) is 124 cm³/mol. The highest BCUT2D eigenvalue weighted by Gasteiger charge is 2.43. The van der Waals surface area contributed by atoms with Crippen molar-refractivity contribution in [2.24, 2.45) is 10.6 Å². The molecule has 1 N–H and O–H groups in total. The number of aryl methyl sites for hydroxylation is 1. The highest BCUT2D eigenvalue weighted by atomic mass is 32.2. The molecule has 0 aliphatic heterocycles. The molecule has 31 heavy (non-hydrogen) atoms. The topological polar surface area (TPSA) is 83.8 Å². The van der Waals surface area contributed by atoms with Gasteiger partial charge in [-0.25, -0.2) is 8.42 Å². The van der Waals surface area contributed by atoms with E-state index in [1.165, 1.54) is 6.26 Å². The quantitative estimate of drug-likeness (QED) is 0.582. The van der Waals surface area contributed by atoms with Crippen molar-refractivity contribution in [1.29, 1.82) is 0 Å². The Morgan fingerprint density at radius 1 is 1.00 bits per heavy atom. The van der Waals surface area contributed by atoms with Gasteiger partial charge in [0.1, 0.15) is 0 Å². The number of sulfone groups is 1. The Morgan fingerprint density at radius 2 is 1.58 bits per heavy atom. The third-order valence-electron chi connectivity index (χ3n) is 7.13. The maximum atomic E-state index is 12.0. The summed E-state index contributed by atoms with van der Waals surface area (Å²) in [5.74, 6) is -0.0724. The minimum absolute atomic E-state index is 0.0724. The second-order valence-corrected chi connectivity index (χ2v) is 11.8. The molecule has 1 aliphatic rings. The van der Waals surface area contributed by atoms with E-state index in [1.807, 2.05) is 31.2 Å². The van der Waals surface area contributed by atoms with Crippen LogP contribution in [-0.2, 0) is 9.84 Å². The molecule has 0 saturated heterocycles. The third-order valence-corrected chi connectivity index (χ3v) is 8.26. The van der Waals surface area contributed by atoms with E-state index < -0.39 is 21.5 Å². The number of rotatable bonds is 7. The minimum atomic E-state index is -3.28. The molecule has 0 amide bonds. The number of nitroso groups, excluding NO2 is 1. The first-order valence-corrected chi connectivity index (χ1v) is 12.7. The zero-order valence-corrected chi connectivity index (χ0v) is 19.7. The summed E-state index contributed by atoms with van der Waals surface area (Å²) in [5.41, 5.74) is 2.28. The van der Waals surface area contributed by atoms with Crippen molar-refractivity contribution >= 4 is 9.84 Å². The fraction of sp³-hybridized carbons (Fsp3) is 0.520. The fourth-order valence-corrected chi connectivity index (χ4v) is 5.37. The Hall–Kier alpha value is -2.05. The van der Waals surface area contributed by atoms with E-state index in [1.54, 1.807) is 12.1 Å². The molecule has 0 bridgehead atoms. The maximum absolute atomic E-state index is 12.0. The normalized spacial score (nSPS) is 26.2. The lowest BCUT2D eigenvalue weighted by molar-refractivity contribution is -0.0224. The lowest BCUT2D eigenvalue weighted by atomic mass is 9.64. The second kappa shape index (κ2) is 8.83. The standard InChI is InChI=1S/C25H33NO4S/c1-18-7-5-6-8-21(18)22(19-9-11-20(12-10-19)31(4,29)30)17-23(26-28)24(2)13-15-25(3,27)16-14-24/h5-12,22-23,27H,13-17H2,1-4H3. The fourth-order valence-electron chi connectivity index (χ4n) is 4.74. The zero-order valence-electron chi connectivity index (χ0n) is 18.8. The van der Waals surface area contributed by atoms with Gasteiger partial charge in [0, 0.05) is 12.2 Å². The van der Waals surface area contributed by atoms with Gasteiger partial charge >= 0.3 is 0 Å². The van der Waals surface area contributed by atoms with Gasteiger partial charge in [0.2, 0.25) is 0 Å². The van der Waals surface area contributed by atoms with Crippen LogP contribution in [0.2, 0.25) is 0 Å². The first kappa shape index (κ1) is 23.6. The summed E-state index contributed by atoms with van der Waals surface area (Å²) >= 11 is 0. The minimum Gasteiger partial charge on any atom is -0.390 e. The Bertz CT molecular complexity index is 1020. The van der Waals surface area contributed by atoms with E-state index in [2.05, 4.69) is 31.2 Å². The SMILES string of the molecule is Cc1ccccc1C(CC(N=O)C1(C)CCC(C)(O)CC1)c1ccc(S(C)(=O)=O)cc1. The first-order chi connectivity index (χ1) is 14.5. The summed E-state index contributed by atoms with van der Waals surface area (Å²) < 4.78 is 23.8. The van der Waals surface area contributed by atoms with E-state index in [4.69, 9.17) is 0 Å². The monoisotopic (exact) mass is 443 g/mol. The number of benzene rings is 2. The van der Waals surface area contributed by atoms with Crippen LogP contribution in [0.3, 0.4) is 0 Å². The molecule has 1 fully saturated rings. The Morgan fingerprint density at radius 3 is 2.10 bits per heavy atom. The number of hydrogen-bond acceptors (Lipinski definition) is 5. The van der Waals surface area contributed by atoms with Gasteiger partial charge in [-0.1, -0.05) is 48.5 Å². The molecule has 168 valence electrons. The summed E-state index contributed by atoms with van der Waals surface area (Å²) in [6.07, 6.45) is 4.58. The third kappa shape index (κ3) is 5.42. The maximum Gasteiger partial charge on any atom is 0.175 e. The lowest BCUT2D eigenvalue weighted by Gasteiger charge is -2.43. The van der Waals surface area contributed by atoms with Crippen LogP contribution in [0, 0.1) is 17.2 Å². The molecule has 2 aromatic rings. The lowest BCUT2D eigenvalue weighted by Crippen LogP contribution is -2.41. The van der Waals surface area contributed by atoms with Crippen molar-refractivity contribution in [3.8, 4) is 0 Å². The van der Waals surface area contributed by atoms with Gasteiger partial charge in [-0.3, -0.25) is 0 Å². The molecule has 6 heteroatoms. The van der Waals surface area contributed by atoms with Crippen molar-refractivity contribution in [3.63, 3.8) is 0 Å².